The Morgan fingerprint density at radius 3 is 2.89 bits per heavy atom. The Kier molecular flexibility index (Phi) is 4.04. The van der Waals surface area contributed by atoms with Crippen LogP contribution in [-0.2, 0) is 6.42 Å². The summed E-state index contributed by atoms with van der Waals surface area (Å²) in [5.41, 5.74) is 2.03. The lowest BCUT2D eigenvalue weighted by atomic mass is 10.1. The molecule has 1 aromatic heterocycles. The van der Waals surface area contributed by atoms with Gasteiger partial charge in [-0.25, -0.2) is 14.4 Å². The molecule has 0 atom stereocenters. The van der Waals surface area contributed by atoms with Gasteiger partial charge in [-0.2, -0.15) is 5.26 Å². The molecule has 0 amide bonds. The monoisotopic (exact) mass is 256 g/mol. The van der Waals surface area contributed by atoms with Crippen molar-refractivity contribution in [2.24, 2.45) is 0 Å². The lowest BCUT2D eigenvalue weighted by Crippen LogP contribution is -2.07. The molecule has 2 rings (SSSR count). The third-order valence-electron chi connectivity index (χ3n) is 2.72. The van der Waals surface area contributed by atoms with Crippen LogP contribution in [-0.4, -0.2) is 16.5 Å². The van der Waals surface area contributed by atoms with E-state index in [1.807, 2.05) is 12.1 Å². The highest BCUT2D eigenvalue weighted by Crippen LogP contribution is 2.10. The van der Waals surface area contributed by atoms with Gasteiger partial charge in [0.05, 0.1) is 0 Å². The van der Waals surface area contributed by atoms with Crippen LogP contribution in [0.2, 0.25) is 0 Å². The first-order valence-corrected chi connectivity index (χ1v) is 5.90. The van der Waals surface area contributed by atoms with Crippen LogP contribution < -0.4 is 5.32 Å². The second kappa shape index (κ2) is 5.91. The van der Waals surface area contributed by atoms with E-state index >= 15 is 0 Å². The summed E-state index contributed by atoms with van der Waals surface area (Å²) >= 11 is 0. The maximum absolute atomic E-state index is 13.1. The van der Waals surface area contributed by atoms with Gasteiger partial charge in [-0.1, -0.05) is 12.1 Å². The van der Waals surface area contributed by atoms with E-state index in [2.05, 4.69) is 15.3 Å². The summed E-state index contributed by atoms with van der Waals surface area (Å²) in [4.78, 5) is 7.81. The average molecular weight is 256 g/mol. The van der Waals surface area contributed by atoms with E-state index in [1.54, 1.807) is 19.1 Å². The number of hydrogen-bond acceptors (Lipinski definition) is 4. The summed E-state index contributed by atoms with van der Waals surface area (Å²) in [6.07, 6.45) is 2.11. The van der Waals surface area contributed by atoms with Gasteiger partial charge in [-0.15, -0.1) is 0 Å². The van der Waals surface area contributed by atoms with E-state index in [-0.39, 0.29) is 5.82 Å². The molecule has 0 saturated carbocycles. The zero-order chi connectivity index (χ0) is 13.7. The van der Waals surface area contributed by atoms with E-state index in [4.69, 9.17) is 5.26 Å². The molecule has 0 fully saturated rings. The Morgan fingerprint density at radius 2 is 2.16 bits per heavy atom. The molecule has 2 aromatic rings. The first-order chi connectivity index (χ1) is 9.19. The number of aryl methyl sites for hydroxylation is 1. The zero-order valence-electron chi connectivity index (χ0n) is 10.5. The van der Waals surface area contributed by atoms with Crippen LogP contribution in [0.5, 0.6) is 0 Å². The van der Waals surface area contributed by atoms with Crippen LogP contribution in [0, 0.1) is 24.1 Å². The fourth-order valence-electron chi connectivity index (χ4n) is 1.71. The van der Waals surface area contributed by atoms with E-state index in [0.29, 0.717) is 23.6 Å². The lowest BCUT2D eigenvalue weighted by Gasteiger charge is -2.06. The molecule has 0 unspecified atom stereocenters. The molecule has 19 heavy (non-hydrogen) atoms. The smallest absolute Gasteiger partial charge is 0.145 e. The number of rotatable bonds is 4. The Balaban J connectivity index is 1.92. The maximum Gasteiger partial charge on any atom is 0.145 e. The summed E-state index contributed by atoms with van der Waals surface area (Å²) in [7, 11) is 0. The minimum absolute atomic E-state index is 0.189. The molecule has 0 aliphatic heterocycles. The first-order valence-electron chi connectivity index (χ1n) is 5.90. The van der Waals surface area contributed by atoms with Crippen molar-refractivity contribution in [3.8, 4) is 6.07 Å². The van der Waals surface area contributed by atoms with Crippen LogP contribution >= 0.6 is 0 Å². The van der Waals surface area contributed by atoms with Gasteiger partial charge >= 0.3 is 0 Å². The minimum atomic E-state index is -0.189. The van der Waals surface area contributed by atoms with Crippen LogP contribution in [0.15, 0.2) is 30.6 Å². The molecular weight excluding hydrogens is 243 g/mol. The molecule has 5 heteroatoms. The zero-order valence-corrected chi connectivity index (χ0v) is 10.5. The fourth-order valence-corrected chi connectivity index (χ4v) is 1.71. The van der Waals surface area contributed by atoms with Crippen LogP contribution in [0.25, 0.3) is 0 Å². The van der Waals surface area contributed by atoms with E-state index in [9.17, 15) is 4.39 Å². The third kappa shape index (κ3) is 3.49. The Hall–Kier alpha value is -2.48. The Bertz CT molecular complexity index is 619. The molecule has 0 aliphatic rings. The van der Waals surface area contributed by atoms with Crippen molar-refractivity contribution in [2.45, 2.75) is 13.3 Å². The van der Waals surface area contributed by atoms with Crippen molar-refractivity contribution in [2.75, 3.05) is 11.9 Å². The van der Waals surface area contributed by atoms with E-state index < -0.39 is 0 Å². The summed E-state index contributed by atoms with van der Waals surface area (Å²) in [6.45, 7) is 2.41. The molecule has 4 nitrogen and oxygen atoms in total. The van der Waals surface area contributed by atoms with E-state index in [1.165, 1.54) is 12.4 Å². The summed E-state index contributed by atoms with van der Waals surface area (Å²) in [5, 5.41) is 11.8. The Morgan fingerprint density at radius 1 is 1.32 bits per heavy atom. The van der Waals surface area contributed by atoms with Gasteiger partial charge in [0.1, 0.15) is 29.7 Å². The number of halogens is 1. The van der Waals surface area contributed by atoms with Crippen LogP contribution in [0.1, 0.15) is 16.8 Å². The number of nitriles is 1. The minimum Gasteiger partial charge on any atom is -0.370 e. The molecule has 1 aromatic carbocycles. The molecule has 0 spiro atoms. The average Bonchev–Trinajstić information content (AvgIpc) is 2.43. The summed E-state index contributed by atoms with van der Waals surface area (Å²) < 4.78 is 13.1. The van der Waals surface area contributed by atoms with Crippen LogP contribution in [0.3, 0.4) is 0 Å². The molecule has 0 saturated heterocycles. The molecule has 0 radical (unpaired) electrons. The lowest BCUT2D eigenvalue weighted by molar-refractivity contribution is 0.617. The number of anilines is 1. The molecule has 1 N–H and O–H groups in total. The highest BCUT2D eigenvalue weighted by Gasteiger charge is 2.00. The van der Waals surface area contributed by atoms with Gasteiger partial charge < -0.3 is 5.32 Å². The molecule has 0 aliphatic carbocycles. The van der Waals surface area contributed by atoms with Crippen molar-refractivity contribution in [1.82, 2.24) is 9.97 Å². The number of nitrogens with one attached hydrogen (secondary N) is 1. The quantitative estimate of drug-likeness (QED) is 0.912. The fraction of sp³-hybridized carbons (Fsp3) is 0.214. The topological polar surface area (TPSA) is 61.6 Å². The predicted molar refractivity (Wildman–Crippen MR) is 70.1 cm³/mol. The third-order valence-corrected chi connectivity index (χ3v) is 2.72. The first kappa shape index (κ1) is 13.0. The molecule has 1 heterocycles. The maximum atomic E-state index is 13.1. The van der Waals surface area contributed by atoms with Gasteiger partial charge in [-0.3, -0.25) is 0 Å². The van der Waals surface area contributed by atoms with Gasteiger partial charge in [0.15, 0.2) is 0 Å². The van der Waals surface area contributed by atoms with Crippen molar-refractivity contribution >= 4 is 5.82 Å². The van der Waals surface area contributed by atoms with Crippen molar-refractivity contribution in [1.29, 1.82) is 5.26 Å². The molecule has 96 valence electrons. The Labute approximate surface area is 110 Å². The normalized spacial score (nSPS) is 9.95. The SMILES string of the molecule is Cc1cc(CCNc2cc(C#N)ncn2)ccc1F. The molecular formula is C14H13FN4. The summed E-state index contributed by atoms with van der Waals surface area (Å²) in [5.74, 6) is 0.427. The summed E-state index contributed by atoms with van der Waals surface area (Å²) in [6, 6.07) is 8.62. The number of nitrogens with zero attached hydrogens (tertiary/aromatic N) is 3. The van der Waals surface area contributed by atoms with Gasteiger partial charge in [0.2, 0.25) is 0 Å². The number of benzene rings is 1. The van der Waals surface area contributed by atoms with Gasteiger partial charge in [-0.05, 0) is 30.5 Å². The van der Waals surface area contributed by atoms with Crippen molar-refractivity contribution < 1.29 is 4.39 Å². The number of hydrogen-bond donors (Lipinski definition) is 1. The largest absolute Gasteiger partial charge is 0.370 e. The van der Waals surface area contributed by atoms with E-state index in [0.717, 1.165) is 12.0 Å². The second-order valence-electron chi connectivity index (χ2n) is 4.16. The number of aromatic nitrogens is 2. The van der Waals surface area contributed by atoms with Crippen molar-refractivity contribution in [3.63, 3.8) is 0 Å². The highest BCUT2D eigenvalue weighted by atomic mass is 19.1. The predicted octanol–water partition coefficient (Wildman–Crippen LogP) is 2.45. The van der Waals surface area contributed by atoms with Crippen molar-refractivity contribution in [3.05, 3.63) is 53.2 Å². The van der Waals surface area contributed by atoms with Gasteiger partial charge in [0, 0.05) is 12.6 Å². The second-order valence-corrected chi connectivity index (χ2v) is 4.16. The standard InChI is InChI=1S/C14H13FN4/c1-10-6-11(2-3-13(10)15)4-5-17-14-7-12(8-16)18-9-19-14/h2-3,6-7,9H,4-5H2,1H3,(H,17,18,19). The molecule has 0 bridgehead atoms. The van der Waals surface area contributed by atoms with Gasteiger partial charge in [0.25, 0.3) is 0 Å². The van der Waals surface area contributed by atoms with Crippen LogP contribution in [0.4, 0.5) is 10.2 Å². The highest BCUT2D eigenvalue weighted by molar-refractivity contribution is 5.38.